The standard InChI is InChI=1S/C31H25F3N8O3S/c32-31(33,34)24-7-4-8-26(17-24)46(43,44)39-30(35)42-18-27(21-5-2-1-3-6-21)28(38-42)22-13-15-25(16-14-22)45-19-20-9-11-23(12-10-20)29-36-40-41-37-29/h1-17,27H,18-19H2,(H2,35,39)(H,36,37,40,41). The quantitative estimate of drug-likeness (QED) is 0.177. The summed E-state index contributed by atoms with van der Waals surface area (Å²) in [6.45, 7) is 0.478. The molecule has 0 fully saturated rings. The first-order valence-electron chi connectivity index (χ1n) is 13.8. The largest absolute Gasteiger partial charge is 0.489 e. The van der Waals surface area contributed by atoms with E-state index >= 15 is 0 Å². The topological polar surface area (TPSA) is 152 Å². The van der Waals surface area contributed by atoms with Crippen molar-refractivity contribution in [2.45, 2.75) is 23.6 Å². The number of nitrogens with one attached hydrogen (secondary N) is 1. The number of nitrogens with two attached hydrogens (primary N) is 1. The SMILES string of the molecule is N/C(=N\S(=O)(=O)c1cccc(C(F)(F)F)c1)N1CC(c2ccccc2)C(c2ccc(OCc3ccc(-c4nn[nH]n4)cc3)cc2)=N1. The molecule has 2 heterocycles. The number of nitrogens with zero attached hydrogens (tertiary/aromatic N) is 6. The average Bonchev–Trinajstić information content (AvgIpc) is 3.76. The number of hydrogen-bond acceptors (Lipinski definition) is 7. The van der Waals surface area contributed by atoms with E-state index in [0.29, 0.717) is 30.0 Å². The summed E-state index contributed by atoms with van der Waals surface area (Å²) < 4.78 is 75.0. The Balaban J connectivity index is 1.21. The number of aromatic nitrogens is 4. The average molecular weight is 647 g/mol. The first-order valence-corrected chi connectivity index (χ1v) is 15.3. The predicted molar refractivity (Wildman–Crippen MR) is 163 cm³/mol. The molecular weight excluding hydrogens is 621 g/mol. The number of guanidine groups is 1. The molecule has 5 aromatic rings. The second-order valence-corrected chi connectivity index (χ2v) is 11.8. The van der Waals surface area contributed by atoms with E-state index in [9.17, 15) is 21.6 Å². The van der Waals surface area contributed by atoms with Crippen LogP contribution in [0.25, 0.3) is 11.4 Å². The van der Waals surface area contributed by atoms with Crippen molar-refractivity contribution >= 4 is 21.7 Å². The van der Waals surface area contributed by atoms with Gasteiger partial charge >= 0.3 is 6.18 Å². The van der Waals surface area contributed by atoms with E-state index in [2.05, 4.69) is 30.1 Å². The lowest BCUT2D eigenvalue weighted by molar-refractivity contribution is -0.137. The van der Waals surface area contributed by atoms with Crippen molar-refractivity contribution in [2.24, 2.45) is 15.2 Å². The molecule has 234 valence electrons. The van der Waals surface area contributed by atoms with Gasteiger partial charge in [0.2, 0.25) is 11.8 Å². The fraction of sp³-hybridized carbons (Fsp3) is 0.129. The van der Waals surface area contributed by atoms with Crippen LogP contribution in [-0.2, 0) is 22.8 Å². The molecule has 0 amide bonds. The fourth-order valence-electron chi connectivity index (χ4n) is 4.83. The maximum atomic E-state index is 13.2. The highest BCUT2D eigenvalue weighted by Crippen LogP contribution is 2.32. The number of rotatable bonds is 8. The van der Waals surface area contributed by atoms with Gasteiger partial charge in [0.1, 0.15) is 12.4 Å². The minimum absolute atomic E-state index is 0.158. The molecule has 0 bridgehead atoms. The van der Waals surface area contributed by atoms with Crippen LogP contribution in [0.3, 0.4) is 0 Å². The summed E-state index contributed by atoms with van der Waals surface area (Å²) in [7, 11) is -4.57. The van der Waals surface area contributed by atoms with Crippen LogP contribution in [0, 0.1) is 0 Å². The second kappa shape index (κ2) is 12.4. The number of hydrogen-bond donors (Lipinski definition) is 2. The maximum absolute atomic E-state index is 13.2. The molecule has 0 aliphatic carbocycles. The van der Waals surface area contributed by atoms with E-state index in [4.69, 9.17) is 10.5 Å². The van der Waals surface area contributed by atoms with Gasteiger partial charge in [0.05, 0.1) is 22.7 Å². The first-order chi connectivity index (χ1) is 22.1. The number of alkyl halides is 3. The molecule has 4 aromatic carbocycles. The fourth-order valence-corrected chi connectivity index (χ4v) is 5.80. The van der Waals surface area contributed by atoms with Gasteiger partial charge in [-0.25, -0.2) is 5.01 Å². The minimum atomic E-state index is -4.72. The first kappa shape index (κ1) is 30.5. The van der Waals surface area contributed by atoms with Crippen molar-refractivity contribution in [3.8, 4) is 17.1 Å². The molecule has 0 spiro atoms. The van der Waals surface area contributed by atoms with Gasteiger partial charge in [0, 0.05) is 11.5 Å². The van der Waals surface area contributed by atoms with Gasteiger partial charge in [-0.15, -0.1) is 14.6 Å². The van der Waals surface area contributed by atoms with Crippen molar-refractivity contribution in [1.29, 1.82) is 0 Å². The molecule has 0 radical (unpaired) electrons. The molecule has 1 aliphatic heterocycles. The van der Waals surface area contributed by atoms with Crippen molar-refractivity contribution in [1.82, 2.24) is 25.6 Å². The van der Waals surface area contributed by atoms with Gasteiger partial charge in [-0.2, -0.15) is 31.9 Å². The summed E-state index contributed by atoms with van der Waals surface area (Å²) in [5, 5.41) is 19.7. The summed E-state index contributed by atoms with van der Waals surface area (Å²) >= 11 is 0. The highest BCUT2D eigenvalue weighted by atomic mass is 32.2. The Bertz CT molecular complexity index is 1980. The van der Waals surface area contributed by atoms with Crippen LogP contribution >= 0.6 is 0 Å². The third-order valence-corrected chi connectivity index (χ3v) is 8.44. The van der Waals surface area contributed by atoms with E-state index in [1.807, 2.05) is 66.7 Å². The lowest BCUT2D eigenvalue weighted by Gasteiger charge is -2.16. The minimum Gasteiger partial charge on any atom is -0.489 e. The van der Waals surface area contributed by atoms with E-state index in [1.54, 1.807) is 12.1 Å². The van der Waals surface area contributed by atoms with Crippen LogP contribution in [0.2, 0.25) is 0 Å². The number of benzene rings is 4. The molecule has 6 rings (SSSR count). The Morgan fingerprint density at radius 1 is 0.957 bits per heavy atom. The zero-order valence-corrected chi connectivity index (χ0v) is 24.7. The van der Waals surface area contributed by atoms with Crippen LogP contribution in [0.1, 0.15) is 28.2 Å². The third kappa shape index (κ3) is 6.73. The number of sulfonamides is 1. The second-order valence-electron chi connectivity index (χ2n) is 10.2. The van der Waals surface area contributed by atoms with Crippen LogP contribution in [-0.4, -0.2) is 52.3 Å². The summed E-state index contributed by atoms with van der Waals surface area (Å²) in [6.07, 6.45) is -4.72. The van der Waals surface area contributed by atoms with Gasteiger partial charge < -0.3 is 10.5 Å². The molecule has 0 saturated carbocycles. The molecule has 1 aromatic heterocycles. The number of halogens is 3. The molecule has 3 N–H and O–H groups in total. The number of H-pyrrole nitrogens is 1. The van der Waals surface area contributed by atoms with Crippen LogP contribution in [0.4, 0.5) is 13.2 Å². The lowest BCUT2D eigenvalue weighted by Crippen LogP contribution is -2.33. The Morgan fingerprint density at radius 3 is 2.35 bits per heavy atom. The molecular formula is C31H25F3N8O3S. The number of tetrazole rings is 1. The predicted octanol–water partition coefficient (Wildman–Crippen LogP) is 4.97. The summed E-state index contributed by atoms with van der Waals surface area (Å²) in [6, 6.07) is 27.6. The van der Waals surface area contributed by atoms with Gasteiger partial charge in [-0.1, -0.05) is 60.7 Å². The Kier molecular flexibility index (Phi) is 8.23. The zero-order chi connectivity index (χ0) is 32.3. The van der Waals surface area contributed by atoms with E-state index in [0.717, 1.165) is 40.5 Å². The number of hydrazone groups is 1. The molecule has 1 atom stereocenters. The van der Waals surface area contributed by atoms with Crippen molar-refractivity contribution in [2.75, 3.05) is 6.54 Å². The monoisotopic (exact) mass is 646 g/mol. The molecule has 1 unspecified atom stereocenters. The van der Waals surface area contributed by atoms with E-state index in [1.165, 1.54) is 5.01 Å². The van der Waals surface area contributed by atoms with Gasteiger partial charge in [0.15, 0.2) is 0 Å². The summed E-state index contributed by atoms with van der Waals surface area (Å²) in [5.41, 5.74) is 8.99. The smallest absolute Gasteiger partial charge is 0.416 e. The van der Waals surface area contributed by atoms with Gasteiger partial charge in [0.25, 0.3) is 10.0 Å². The normalized spacial score (nSPS) is 15.5. The van der Waals surface area contributed by atoms with Crippen molar-refractivity contribution in [3.05, 3.63) is 125 Å². The Morgan fingerprint density at radius 2 is 1.67 bits per heavy atom. The van der Waals surface area contributed by atoms with Crippen LogP contribution < -0.4 is 10.5 Å². The third-order valence-electron chi connectivity index (χ3n) is 7.17. The van der Waals surface area contributed by atoms with Crippen LogP contribution in [0.5, 0.6) is 5.75 Å². The maximum Gasteiger partial charge on any atom is 0.416 e. The van der Waals surface area contributed by atoms with E-state index < -0.39 is 32.6 Å². The van der Waals surface area contributed by atoms with Crippen molar-refractivity contribution < 1.29 is 26.3 Å². The Hall–Kier alpha value is -5.57. The van der Waals surface area contributed by atoms with Crippen molar-refractivity contribution in [3.63, 3.8) is 0 Å². The lowest BCUT2D eigenvalue weighted by atomic mass is 9.90. The molecule has 0 saturated heterocycles. The van der Waals surface area contributed by atoms with E-state index in [-0.39, 0.29) is 12.5 Å². The van der Waals surface area contributed by atoms with Crippen LogP contribution in [0.15, 0.2) is 118 Å². The molecule has 46 heavy (non-hydrogen) atoms. The molecule has 15 heteroatoms. The highest BCUT2D eigenvalue weighted by molar-refractivity contribution is 7.90. The number of ether oxygens (including phenoxy) is 1. The Labute approximate surface area is 261 Å². The summed E-state index contributed by atoms with van der Waals surface area (Å²) in [5.74, 6) is 0.330. The number of aromatic amines is 1. The van der Waals surface area contributed by atoms with Gasteiger partial charge in [-0.3, -0.25) is 0 Å². The summed E-state index contributed by atoms with van der Waals surface area (Å²) in [4.78, 5) is -0.633. The molecule has 11 nitrogen and oxygen atoms in total. The molecule has 1 aliphatic rings. The zero-order valence-electron chi connectivity index (χ0n) is 23.8. The van der Waals surface area contributed by atoms with Gasteiger partial charge in [-0.05, 0) is 64.4 Å². The highest BCUT2D eigenvalue weighted by Gasteiger charge is 2.33.